The lowest BCUT2D eigenvalue weighted by Gasteiger charge is -2.42. The molecule has 0 spiro atoms. The summed E-state index contributed by atoms with van der Waals surface area (Å²) in [5.74, 6) is -0.904. The van der Waals surface area contributed by atoms with Crippen molar-refractivity contribution in [2.45, 2.75) is 37.4 Å². The molecule has 1 aromatic carbocycles. The van der Waals surface area contributed by atoms with Gasteiger partial charge in [0.2, 0.25) is 0 Å². The van der Waals surface area contributed by atoms with E-state index < -0.39 is 23.2 Å². The molecule has 3 nitrogen and oxygen atoms in total. The van der Waals surface area contributed by atoms with E-state index in [4.69, 9.17) is 5.11 Å². The molecule has 1 aromatic rings. The Morgan fingerprint density at radius 1 is 1.26 bits per heavy atom. The monoisotopic (exact) mass is 273 g/mol. The van der Waals surface area contributed by atoms with E-state index in [1.165, 1.54) is 12.1 Å². The smallest absolute Gasteiger partial charge is 0.416 e. The normalized spacial score (nSPS) is 17.6. The van der Waals surface area contributed by atoms with Crippen LogP contribution in [-0.4, -0.2) is 16.6 Å². The number of carbonyl (C=O) groups is 1. The number of hydrogen-bond donors (Lipinski definition) is 2. The number of carboxylic acids is 1. The summed E-state index contributed by atoms with van der Waals surface area (Å²) in [6.45, 7) is 0. The number of aliphatic carboxylic acids is 1. The maximum absolute atomic E-state index is 12.4. The number of hydrogen-bond acceptors (Lipinski definition) is 2. The molecule has 2 N–H and O–H groups in total. The average Bonchev–Trinajstić information content (AvgIpc) is 2.25. The van der Waals surface area contributed by atoms with E-state index in [0.29, 0.717) is 5.69 Å². The van der Waals surface area contributed by atoms with E-state index in [1.54, 1.807) is 0 Å². The molecule has 1 aliphatic rings. The van der Waals surface area contributed by atoms with Crippen molar-refractivity contribution in [2.24, 2.45) is 0 Å². The molecule has 0 aliphatic heterocycles. The predicted molar refractivity (Wildman–Crippen MR) is 63.9 cm³/mol. The third-order valence-corrected chi connectivity index (χ3v) is 3.42. The minimum Gasteiger partial charge on any atom is -0.481 e. The van der Waals surface area contributed by atoms with Gasteiger partial charge in [-0.1, -0.05) is 0 Å². The zero-order chi connectivity index (χ0) is 14.1. The number of nitrogens with one attached hydrogen (secondary N) is 1. The van der Waals surface area contributed by atoms with Crippen LogP contribution in [0.15, 0.2) is 24.3 Å². The molecular weight excluding hydrogens is 259 g/mol. The van der Waals surface area contributed by atoms with E-state index >= 15 is 0 Å². The van der Waals surface area contributed by atoms with Gasteiger partial charge in [-0.15, -0.1) is 0 Å². The van der Waals surface area contributed by atoms with Gasteiger partial charge in [-0.2, -0.15) is 13.2 Å². The first-order valence-corrected chi connectivity index (χ1v) is 5.98. The van der Waals surface area contributed by atoms with Gasteiger partial charge in [-0.25, -0.2) is 0 Å². The topological polar surface area (TPSA) is 49.3 Å². The summed E-state index contributed by atoms with van der Waals surface area (Å²) in [4.78, 5) is 10.8. The fourth-order valence-electron chi connectivity index (χ4n) is 2.29. The highest BCUT2D eigenvalue weighted by atomic mass is 19.4. The largest absolute Gasteiger partial charge is 0.481 e. The van der Waals surface area contributed by atoms with Crippen molar-refractivity contribution in [3.8, 4) is 0 Å². The first-order valence-electron chi connectivity index (χ1n) is 5.98. The van der Waals surface area contributed by atoms with Crippen LogP contribution in [0.25, 0.3) is 0 Å². The highest BCUT2D eigenvalue weighted by Crippen LogP contribution is 2.38. The number of carboxylic acid groups (broad SMARTS) is 1. The molecule has 0 heterocycles. The third-order valence-electron chi connectivity index (χ3n) is 3.42. The SMILES string of the molecule is O=C(O)CC1(Nc2ccc(C(F)(F)F)cc2)CCC1. The van der Waals surface area contributed by atoms with Gasteiger partial charge in [0, 0.05) is 11.2 Å². The summed E-state index contributed by atoms with van der Waals surface area (Å²) in [6.07, 6.45) is -2.00. The second-order valence-electron chi connectivity index (χ2n) is 4.90. The highest BCUT2D eigenvalue weighted by Gasteiger charge is 2.39. The van der Waals surface area contributed by atoms with E-state index in [9.17, 15) is 18.0 Å². The third kappa shape index (κ3) is 3.19. The molecule has 0 bridgehead atoms. The molecule has 2 rings (SSSR count). The first kappa shape index (κ1) is 13.7. The standard InChI is InChI=1S/C13H14F3NO2/c14-13(15,16)9-2-4-10(5-3-9)17-12(6-1-7-12)8-11(18)19/h2-5,17H,1,6-8H2,(H,18,19). The van der Waals surface area contributed by atoms with Gasteiger partial charge in [0.05, 0.1) is 12.0 Å². The van der Waals surface area contributed by atoms with Crippen LogP contribution in [0, 0.1) is 0 Å². The van der Waals surface area contributed by atoms with E-state index in [0.717, 1.165) is 31.4 Å². The number of alkyl halides is 3. The molecule has 0 unspecified atom stereocenters. The Bertz CT molecular complexity index is 464. The Morgan fingerprint density at radius 3 is 2.21 bits per heavy atom. The van der Waals surface area contributed by atoms with Gasteiger partial charge >= 0.3 is 12.1 Å². The Labute approximate surface area is 108 Å². The molecule has 0 aromatic heterocycles. The molecule has 1 saturated carbocycles. The fourth-order valence-corrected chi connectivity index (χ4v) is 2.29. The predicted octanol–water partition coefficient (Wildman–Crippen LogP) is 3.51. The van der Waals surface area contributed by atoms with Gasteiger partial charge in [0.1, 0.15) is 0 Å². The zero-order valence-electron chi connectivity index (χ0n) is 10.1. The second-order valence-corrected chi connectivity index (χ2v) is 4.90. The van der Waals surface area contributed by atoms with Crippen molar-refractivity contribution >= 4 is 11.7 Å². The van der Waals surface area contributed by atoms with Gasteiger partial charge in [-0.05, 0) is 43.5 Å². The van der Waals surface area contributed by atoms with Crippen LogP contribution in [0.5, 0.6) is 0 Å². The lowest BCUT2D eigenvalue weighted by molar-refractivity contribution is -0.139. The van der Waals surface area contributed by atoms with Crippen LogP contribution in [0.1, 0.15) is 31.2 Å². The maximum Gasteiger partial charge on any atom is 0.416 e. The van der Waals surface area contributed by atoms with Crippen molar-refractivity contribution < 1.29 is 23.1 Å². The summed E-state index contributed by atoms with van der Waals surface area (Å²) in [7, 11) is 0. The van der Waals surface area contributed by atoms with Crippen molar-refractivity contribution in [2.75, 3.05) is 5.32 Å². The Kier molecular flexibility index (Phi) is 3.43. The molecule has 0 amide bonds. The molecule has 0 atom stereocenters. The minimum atomic E-state index is -4.35. The van der Waals surface area contributed by atoms with Crippen LogP contribution >= 0.6 is 0 Å². The molecule has 19 heavy (non-hydrogen) atoms. The summed E-state index contributed by atoms with van der Waals surface area (Å²) < 4.78 is 37.2. The maximum atomic E-state index is 12.4. The molecule has 104 valence electrons. The zero-order valence-corrected chi connectivity index (χ0v) is 10.1. The number of benzene rings is 1. The van der Waals surface area contributed by atoms with E-state index in [1.807, 2.05) is 0 Å². The Balaban J connectivity index is 2.08. The number of halogens is 3. The van der Waals surface area contributed by atoms with Gasteiger partial charge in [-0.3, -0.25) is 4.79 Å². The fraction of sp³-hybridized carbons (Fsp3) is 0.462. The van der Waals surface area contributed by atoms with Crippen LogP contribution < -0.4 is 5.32 Å². The van der Waals surface area contributed by atoms with Crippen molar-refractivity contribution in [3.63, 3.8) is 0 Å². The molecule has 1 aliphatic carbocycles. The lowest BCUT2D eigenvalue weighted by atomic mass is 9.74. The first-order chi connectivity index (χ1) is 8.81. The van der Waals surface area contributed by atoms with E-state index in [-0.39, 0.29) is 6.42 Å². The Morgan fingerprint density at radius 2 is 1.84 bits per heavy atom. The van der Waals surface area contributed by atoms with Gasteiger partial charge in [0.15, 0.2) is 0 Å². The molecule has 1 fully saturated rings. The lowest BCUT2D eigenvalue weighted by Crippen LogP contribution is -2.46. The van der Waals surface area contributed by atoms with Gasteiger partial charge in [0.25, 0.3) is 0 Å². The highest BCUT2D eigenvalue weighted by molar-refractivity contribution is 5.70. The molecule has 0 radical (unpaired) electrons. The van der Waals surface area contributed by atoms with Crippen LogP contribution in [0.4, 0.5) is 18.9 Å². The summed E-state index contributed by atoms with van der Waals surface area (Å²) in [5, 5.41) is 11.9. The minimum absolute atomic E-state index is 0.0198. The van der Waals surface area contributed by atoms with Crippen molar-refractivity contribution in [1.82, 2.24) is 0 Å². The van der Waals surface area contributed by atoms with E-state index in [2.05, 4.69) is 5.32 Å². The molecule has 6 heteroatoms. The van der Waals surface area contributed by atoms with Crippen LogP contribution in [-0.2, 0) is 11.0 Å². The van der Waals surface area contributed by atoms with Gasteiger partial charge < -0.3 is 10.4 Å². The molecule has 0 saturated heterocycles. The quantitative estimate of drug-likeness (QED) is 0.882. The number of anilines is 1. The second kappa shape index (κ2) is 4.75. The van der Waals surface area contributed by atoms with Crippen molar-refractivity contribution in [3.05, 3.63) is 29.8 Å². The van der Waals surface area contributed by atoms with Crippen LogP contribution in [0.2, 0.25) is 0 Å². The van der Waals surface area contributed by atoms with Crippen LogP contribution in [0.3, 0.4) is 0 Å². The summed E-state index contributed by atoms with van der Waals surface area (Å²) in [6, 6.07) is 4.67. The average molecular weight is 273 g/mol. The molecular formula is C13H14F3NO2. The van der Waals surface area contributed by atoms with Crippen molar-refractivity contribution in [1.29, 1.82) is 0 Å². The Hall–Kier alpha value is -1.72. The summed E-state index contributed by atoms with van der Waals surface area (Å²) in [5.41, 5.74) is -0.695. The summed E-state index contributed by atoms with van der Waals surface area (Å²) >= 11 is 0. The number of rotatable bonds is 4.